The minimum absolute atomic E-state index is 0.0279. The summed E-state index contributed by atoms with van der Waals surface area (Å²) in [6.45, 7) is 2.21. The number of alkyl halides is 3. The molecule has 1 aliphatic rings. The molecule has 1 aromatic heterocycles. The van der Waals surface area contributed by atoms with E-state index in [1.165, 1.54) is 18.6 Å². The number of nitrogens with one attached hydrogen (secondary N) is 1. The Labute approximate surface area is 180 Å². The zero-order chi connectivity index (χ0) is 22.8. The van der Waals surface area contributed by atoms with Gasteiger partial charge in [0.2, 0.25) is 5.91 Å². The highest BCUT2D eigenvalue weighted by Gasteiger charge is 2.67. The number of carbonyl (C=O) groups is 1. The molecule has 1 heterocycles. The van der Waals surface area contributed by atoms with E-state index in [9.17, 15) is 23.1 Å². The van der Waals surface area contributed by atoms with Crippen LogP contribution in [-0.2, 0) is 11.2 Å². The summed E-state index contributed by atoms with van der Waals surface area (Å²) in [4.78, 5) is 14.7. The molecule has 1 fully saturated rings. The highest BCUT2D eigenvalue weighted by atomic mass is 19.4. The number of amides is 1. The predicted molar refractivity (Wildman–Crippen MR) is 111 cm³/mol. The zero-order valence-electron chi connectivity index (χ0n) is 18.0. The topological polar surface area (TPSA) is 65.7 Å². The number of hydrogen-bond acceptors (Lipinski definition) is 4. The number of carbonyl (C=O) groups excluding carboxylic acids is 1. The lowest BCUT2D eigenvalue weighted by atomic mass is 9.81. The second-order valence-electron chi connectivity index (χ2n) is 8.70. The number of phenolic OH excluding ortho intramolecular Hbond substituents is 1. The molecule has 1 saturated carbocycles. The first-order chi connectivity index (χ1) is 14.5. The van der Waals surface area contributed by atoms with E-state index in [1.54, 1.807) is 12.1 Å². The predicted octanol–water partition coefficient (Wildman–Crippen LogP) is 4.40. The van der Waals surface area contributed by atoms with Gasteiger partial charge in [0.25, 0.3) is 0 Å². The molecule has 5 nitrogen and oxygen atoms in total. The van der Waals surface area contributed by atoms with E-state index in [1.807, 2.05) is 32.0 Å². The fraction of sp³-hybridized carbons (Fsp3) is 0.522. The van der Waals surface area contributed by atoms with Gasteiger partial charge in [0, 0.05) is 24.9 Å². The Bertz CT molecular complexity index is 890. The molecule has 2 aromatic rings. The smallest absolute Gasteiger partial charge is 0.395 e. The normalized spacial score (nSPS) is 17.4. The fourth-order valence-electron chi connectivity index (χ4n) is 4.16. The number of furan rings is 1. The number of aryl methyl sites for hydroxylation is 1. The summed E-state index contributed by atoms with van der Waals surface area (Å²) in [5.41, 5.74) is 0.544. The average Bonchev–Trinajstić information content (AvgIpc) is 3.32. The minimum atomic E-state index is -4.36. The number of aromatic hydroxyl groups is 1. The second kappa shape index (κ2) is 8.94. The van der Waals surface area contributed by atoms with Crippen LogP contribution in [0.25, 0.3) is 0 Å². The number of hydrogen-bond donors (Lipinski definition) is 2. The highest BCUT2D eigenvalue weighted by Crippen LogP contribution is 2.66. The first kappa shape index (κ1) is 23.2. The number of likely N-dealkylation sites (N-methyl/N-ethyl adjacent to an activating group) is 1. The van der Waals surface area contributed by atoms with Crippen molar-refractivity contribution in [2.24, 2.45) is 5.41 Å². The molecule has 0 radical (unpaired) electrons. The molecule has 2 N–H and O–H groups in total. The summed E-state index contributed by atoms with van der Waals surface area (Å²) in [5.74, 6) is -1.17. The first-order valence-corrected chi connectivity index (χ1v) is 10.3. The van der Waals surface area contributed by atoms with Crippen LogP contribution in [0.2, 0.25) is 0 Å². The summed E-state index contributed by atoms with van der Waals surface area (Å²) in [6.07, 6.45) is -1.26. The van der Waals surface area contributed by atoms with Crippen LogP contribution in [-0.4, -0.2) is 48.8 Å². The molecule has 170 valence electrons. The van der Waals surface area contributed by atoms with Gasteiger partial charge in [-0.2, -0.15) is 13.2 Å². The van der Waals surface area contributed by atoms with E-state index in [4.69, 9.17) is 4.42 Å². The maximum atomic E-state index is 13.7. The molecule has 0 saturated heterocycles. The van der Waals surface area contributed by atoms with Crippen LogP contribution in [0.4, 0.5) is 13.2 Å². The lowest BCUT2D eigenvalue weighted by molar-refractivity contribution is -0.194. The van der Waals surface area contributed by atoms with Crippen molar-refractivity contribution in [1.29, 1.82) is 0 Å². The molecular weight excluding hydrogens is 409 g/mol. The quantitative estimate of drug-likeness (QED) is 0.609. The van der Waals surface area contributed by atoms with Crippen LogP contribution in [0.1, 0.15) is 41.9 Å². The van der Waals surface area contributed by atoms with Crippen LogP contribution in [0.15, 0.2) is 41.2 Å². The van der Waals surface area contributed by atoms with E-state index in [-0.39, 0.29) is 31.1 Å². The maximum absolute atomic E-state index is 13.7. The van der Waals surface area contributed by atoms with Gasteiger partial charge in [0.15, 0.2) is 0 Å². The van der Waals surface area contributed by atoms with Gasteiger partial charge in [-0.3, -0.25) is 4.79 Å². The van der Waals surface area contributed by atoms with Gasteiger partial charge in [-0.25, -0.2) is 0 Å². The number of rotatable bonds is 9. The van der Waals surface area contributed by atoms with Gasteiger partial charge < -0.3 is 19.7 Å². The third kappa shape index (κ3) is 5.23. The van der Waals surface area contributed by atoms with Gasteiger partial charge in [-0.15, -0.1) is 0 Å². The van der Waals surface area contributed by atoms with Gasteiger partial charge in [0.1, 0.15) is 5.75 Å². The molecule has 1 aromatic carbocycles. The molecule has 0 bridgehead atoms. The lowest BCUT2D eigenvalue weighted by Crippen LogP contribution is -2.42. The molecule has 8 heteroatoms. The Morgan fingerprint density at radius 1 is 1.29 bits per heavy atom. The third-order valence-corrected chi connectivity index (χ3v) is 6.40. The summed E-state index contributed by atoms with van der Waals surface area (Å²) >= 11 is 0. The summed E-state index contributed by atoms with van der Waals surface area (Å²) < 4.78 is 46.2. The van der Waals surface area contributed by atoms with Crippen molar-refractivity contribution in [3.05, 3.63) is 53.5 Å². The molecular formula is C23H29F3N2O3. The Kier molecular flexibility index (Phi) is 6.69. The van der Waals surface area contributed by atoms with Gasteiger partial charge in [0.05, 0.1) is 17.9 Å². The van der Waals surface area contributed by atoms with Crippen molar-refractivity contribution < 1.29 is 27.5 Å². The maximum Gasteiger partial charge on any atom is 0.395 e. The SMILES string of the molecule is Cc1cc(O)ccc1C[C@@H](CNC(=O)C[C@H](c1ccoc1)C1(C(F)(F)F)CC1)N(C)C. The van der Waals surface area contributed by atoms with E-state index < -0.39 is 23.4 Å². The fourth-order valence-corrected chi connectivity index (χ4v) is 4.16. The summed E-state index contributed by atoms with van der Waals surface area (Å²) in [6, 6.07) is 6.62. The molecule has 1 aliphatic carbocycles. The van der Waals surface area contributed by atoms with Crippen LogP contribution in [0.5, 0.6) is 5.75 Å². The molecule has 0 spiro atoms. The molecule has 0 unspecified atom stereocenters. The van der Waals surface area contributed by atoms with Gasteiger partial charge in [-0.1, -0.05) is 6.07 Å². The molecule has 1 amide bonds. The van der Waals surface area contributed by atoms with Crippen molar-refractivity contribution >= 4 is 5.91 Å². The average molecular weight is 438 g/mol. The third-order valence-electron chi connectivity index (χ3n) is 6.40. The number of benzene rings is 1. The number of halogens is 3. The Morgan fingerprint density at radius 2 is 2.00 bits per heavy atom. The van der Waals surface area contributed by atoms with Gasteiger partial charge in [-0.05, 0) is 75.2 Å². The second-order valence-corrected chi connectivity index (χ2v) is 8.70. The van der Waals surface area contributed by atoms with Crippen LogP contribution < -0.4 is 5.32 Å². The standard InChI is InChI=1S/C23H29F3N2O3/c1-15-10-19(29)5-4-16(15)11-18(28(2)3)13-27-21(30)12-20(17-6-9-31-14-17)22(7-8-22)23(24,25)26/h4-6,9-10,14,18,20,29H,7-8,11-13H2,1-3H3,(H,27,30)/t18-,20+/m0/s1. The van der Waals surface area contributed by atoms with Crippen molar-refractivity contribution in [3.63, 3.8) is 0 Å². The molecule has 31 heavy (non-hydrogen) atoms. The molecule has 0 aliphatic heterocycles. The van der Waals surface area contributed by atoms with E-state index in [0.717, 1.165) is 11.1 Å². The van der Waals surface area contributed by atoms with Crippen molar-refractivity contribution in [1.82, 2.24) is 10.2 Å². The van der Waals surface area contributed by atoms with Crippen molar-refractivity contribution in [3.8, 4) is 5.75 Å². The first-order valence-electron chi connectivity index (χ1n) is 10.3. The van der Waals surface area contributed by atoms with Crippen LogP contribution >= 0.6 is 0 Å². The van der Waals surface area contributed by atoms with Gasteiger partial charge >= 0.3 is 6.18 Å². The van der Waals surface area contributed by atoms with E-state index >= 15 is 0 Å². The summed E-state index contributed by atoms with van der Waals surface area (Å²) in [5, 5.41) is 12.4. The van der Waals surface area contributed by atoms with Crippen LogP contribution in [0, 0.1) is 12.3 Å². The Morgan fingerprint density at radius 3 is 2.52 bits per heavy atom. The Balaban J connectivity index is 1.66. The monoisotopic (exact) mass is 438 g/mol. The molecule has 2 atom stereocenters. The number of nitrogens with zero attached hydrogens (tertiary/aromatic N) is 1. The number of phenols is 1. The summed E-state index contributed by atoms with van der Waals surface area (Å²) in [7, 11) is 3.79. The zero-order valence-corrected chi connectivity index (χ0v) is 18.0. The van der Waals surface area contributed by atoms with Crippen molar-refractivity contribution in [2.75, 3.05) is 20.6 Å². The highest BCUT2D eigenvalue weighted by molar-refractivity contribution is 5.77. The van der Waals surface area contributed by atoms with E-state index in [2.05, 4.69) is 5.32 Å². The lowest BCUT2D eigenvalue weighted by Gasteiger charge is -2.29. The largest absolute Gasteiger partial charge is 0.508 e. The Hall–Kier alpha value is -2.48. The molecule has 3 rings (SSSR count). The van der Waals surface area contributed by atoms with Crippen LogP contribution in [0.3, 0.4) is 0 Å². The van der Waals surface area contributed by atoms with Crippen molar-refractivity contribution in [2.45, 2.75) is 50.7 Å². The minimum Gasteiger partial charge on any atom is -0.508 e. The van der Waals surface area contributed by atoms with E-state index in [0.29, 0.717) is 18.5 Å².